The molecule has 0 aromatic heterocycles. The molecule has 0 aromatic rings. The van der Waals surface area contributed by atoms with Gasteiger partial charge in [-0.25, -0.2) is 0 Å². The Bertz CT molecular complexity index is 247. The van der Waals surface area contributed by atoms with E-state index in [0.29, 0.717) is 0 Å². The SMILES string of the molecule is CN1CCC(C(=O)N(C)CC(=O)O)CC1. The Morgan fingerprint density at radius 1 is 1.40 bits per heavy atom. The summed E-state index contributed by atoms with van der Waals surface area (Å²) in [7, 11) is 3.58. The maximum atomic E-state index is 11.8. The van der Waals surface area contributed by atoms with Gasteiger partial charge in [-0.15, -0.1) is 0 Å². The van der Waals surface area contributed by atoms with E-state index in [2.05, 4.69) is 4.90 Å². The number of likely N-dealkylation sites (N-methyl/N-ethyl adjacent to an activating group) is 1. The summed E-state index contributed by atoms with van der Waals surface area (Å²) in [6.07, 6.45) is 1.67. The zero-order valence-corrected chi connectivity index (χ0v) is 9.27. The van der Waals surface area contributed by atoms with Gasteiger partial charge in [0.15, 0.2) is 0 Å². The summed E-state index contributed by atoms with van der Waals surface area (Å²) in [5.74, 6) is -0.991. The number of hydrogen-bond donors (Lipinski definition) is 1. The first-order valence-electron chi connectivity index (χ1n) is 5.16. The number of carboxylic acids is 1. The first kappa shape index (κ1) is 12.0. The molecule has 0 spiro atoms. The number of carbonyl (C=O) groups is 2. The van der Waals surface area contributed by atoms with Crippen LogP contribution in [0.25, 0.3) is 0 Å². The highest BCUT2D eigenvalue weighted by atomic mass is 16.4. The van der Waals surface area contributed by atoms with Gasteiger partial charge >= 0.3 is 5.97 Å². The molecule has 1 N–H and O–H groups in total. The fourth-order valence-corrected chi connectivity index (χ4v) is 1.85. The second kappa shape index (κ2) is 5.11. The number of likely N-dealkylation sites (tertiary alicyclic amines) is 1. The molecule has 0 saturated carbocycles. The molecule has 5 nitrogen and oxygen atoms in total. The first-order chi connectivity index (χ1) is 7.00. The van der Waals surface area contributed by atoms with Crippen LogP contribution in [0.5, 0.6) is 0 Å². The third kappa shape index (κ3) is 3.51. The van der Waals surface area contributed by atoms with Crippen molar-refractivity contribution in [3.63, 3.8) is 0 Å². The highest BCUT2D eigenvalue weighted by molar-refractivity contribution is 5.82. The van der Waals surface area contributed by atoms with Crippen molar-refractivity contribution in [3.8, 4) is 0 Å². The summed E-state index contributed by atoms with van der Waals surface area (Å²) in [5, 5.41) is 8.57. The van der Waals surface area contributed by atoms with E-state index in [0.717, 1.165) is 25.9 Å². The standard InChI is InChI=1S/C10H18N2O3/c1-11-5-3-8(4-6-11)10(15)12(2)7-9(13)14/h8H,3-7H2,1-2H3,(H,13,14). The van der Waals surface area contributed by atoms with Gasteiger partial charge in [0.1, 0.15) is 6.54 Å². The number of piperidine rings is 1. The minimum Gasteiger partial charge on any atom is -0.480 e. The van der Waals surface area contributed by atoms with E-state index in [-0.39, 0.29) is 18.4 Å². The van der Waals surface area contributed by atoms with Crippen LogP contribution in [0.4, 0.5) is 0 Å². The Balaban J connectivity index is 2.42. The van der Waals surface area contributed by atoms with Gasteiger partial charge in [0.2, 0.25) is 5.91 Å². The molecule has 1 aliphatic rings. The zero-order chi connectivity index (χ0) is 11.4. The molecule has 1 saturated heterocycles. The fraction of sp³-hybridized carbons (Fsp3) is 0.800. The van der Waals surface area contributed by atoms with Gasteiger partial charge < -0.3 is 14.9 Å². The topological polar surface area (TPSA) is 60.9 Å². The molecule has 0 aromatic carbocycles. The molecule has 0 radical (unpaired) electrons. The molecular weight excluding hydrogens is 196 g/mol. The lowest BCUT2D eigenvalue weighted by Crippen LogP contribution is -2.41. The van der Waals surface area contributed by atoms with E-state index < -0.39 is 5.97 Å². The van der Waals surface area contributed by atoms with E-state index in [1.807, 2.05) is 7.05 Å². The minimum atomic E-state index is -0.959. The van der Waals surface area contributed by atoms with E-state index in [1.165, 1.54) is 4.90 Å². The molecule has 1 aliphatic heterocycles. The quantitative estimate of drug-likeness (QED) is 0.711. The summed E-state index contributed by atoms with van der Waals surface area (Å²) in [6, 6.07) is 0. The fourth-order valence-electron chi connectivity index (χ4n) is 1.85. The zero-order valence-electron chi connectivity index (χ0n) is 9.27. The highest BCUT2D eigenvalue weighted by Crippen LogP contribution is 2.17. The Kier molecular flexibility index (Phi) is 4.08. The smallest absolute Gasteiger partial charge is 0.323 e. The van der Waals surface area contributed by atoms with Crippen LogP contribution < -0.4 is 0 Å². The van der Waals surface area contributed by atoms with Crippen LogP contribution in [-0.4, -0.2) is 60.5 Å². The first-order valence-corrected chi connectivity index (χ1v) is 5.16. The molecule has 0 bridgehead atoms. The van der Waals surface area contributed by atoms with Gasteiger partial charge in [0.05, 0.1) is 0 Å². The van der Waals surface area contributed by atoms with Gasteiger partial charge in [-0.05, 0) is 33.0 Å². The maximum Gasteiger partial charge on any atom is 0.323 e. The molecule has 1 heterocycles. The summed E-state index contributed by atoms with van der Waals surface area (Å²) in [4.78, 5) is 25.7. The Labute approximate surface area is 89.7 Å². The minimum absolute atomic E-state index is 0.00514. The molecule has 0 atom stereocenters. The monoisotopic (exact) mass is 214 g/mol. The van der Waals surface area contributed by atoms with E-state index in [4.69, 9.17) is 5.11 Å². The van der Waals surface area contributed by atoms with Crippen molar-refractivity contribution in [3.05, 3.63) is 0 Å². The normalized spacial score (nSPS) is 18.8. The van der Waals surface area contributed by atoms with Crippen LogP contribution in [0, 0.1) is 5.92 Å². The van der Waals surface area contributed by atoms with E-state index in [1.54, 1.807) is 7.05 Å². The molecule has 1 rings (SSSR count). The van der Waals surface area contributed by atoms with Crippen LogP contribution in [0.1, 0.15) is 12.8 Å². The largest absolute Gasteiger partial charge is 0.480 e. The Hall–Kier alpha value is -1.10. The van der Waals surface area contributed by atoms with Crippen LogP contribution in [0.15, 0.2) is 0 Å². The van der Waals surface area contributed by atoms with Crippen molar-refractivity contribution in [1.82, 2.24) is 9.80 Å². The van der Waals surface area contributed by atoms with Crippen LogP contribution >= 0.6 is 0 Å². The summed E-state index contributed by atoms with van der Waals surface area (Å²) in [5.41, 5.74) is 0. The van der Waals surface area contributed by atoms with Gasteiger partial charge in [-0.2, -0.15) is 0 Å². The van der Waals surface area contributed by atoms with E-state index in [9.17, 15) is 9.59 Å². The Morgan fingerprint density at radius 3 is 2.40 bits per heavy atom. The second-order valence-electron chi connectivity index (χ2n) is 4.17. The lowest BCUT2D eigenvalue weighted by Gasteiger charge is -2.30. The van der Waals surface area contributed by atoms with Gasteiger partial charge in [-0.3, -0.25) is 9.59 Å². The number of rotatable bonds is 3. The third-order valence-corrected chi connectivity index (χ3v) is 2.82. The van der Waals surface area contributed by atoms with E-state index >= 15 is 0 Å². The van der Waals surface area contributed by atoms with Gasteiger partial charge in [-0.1, -0.05) is 0 Å². The number of hydrogen-bond acceptors (Lipinski definition) is 3. The van der Waals surface area contributed by atoms with Crippen molar-refractivity contribution >= 4 is 11.9 Å². The highest BCUT2D eigenvalue weighted by Gasteiger charge is 2.26. The van der Waals surface area contributed by atoms with Crippen molar-refractivity contribution in [2.45, 2.75) is 12.8 Å². The third-order valence-electron chi connectivity index (χ3n) is 2.82. The Morgan fingerprint density at radius 2 is 1.93 bits per heavy atom. The van der Waals surface area contributed by atoms with Crippen molar-refractivity contribution in [2.75, 3.05) is 33.7 Å². The number of carbonyl (C=O) groups excluding carboxylic acids is 1. The molecule has 5 heteroatoms. The molecule has 0 unspecified atom stereocenters. The van der Waals surface area contributed by atoms with Crippen molar-refractivity contribution in [2.24, 2.45) is 5.92 Å². The molecule has 0 aliphatic carbocycles. The number of carboxylic acid groups (broad SMARTS) is 1. The maximum absolute atomic E-state index is 11.8. The summed E-state index contributed by atoms with van der Waals surface area (Å²) in [6.45, 7) is 1.62. The number of nitrogens with zero attached hydrogens (tertiary/aromatic N) is 2. The van der Waals surface area contributed by atoms with Gasteiger partial charge in [0, 0.05) is 13.0 Å². The lowest BCUT2D eigenvalue weighted by atomic mass is 9.96. The average molecular weight is 214 g/mol. The van der Waals surface area contributed by atoms with Crippen molar-refractivity contribution < 1.29 is 14.7 Å². The molecule has 1 amide bonds. The number of aliphatic carboxylic acids is 1. The summed E-state index contributed by atoms with van der Waals surface area (Å²) < 4.78 is 0. The average Bonchev–Trinajstić information content (AvgIpc) is 2.17. The van der Waals surface area contributed by atoms with Crippen molar-refractivity contribution in [1.29, 1.82) is 0 Å². The van der Waals surface area contributed by atoms with Gasteiger partial charge in [0.25, 0.3) is 0 Å². The predicted molar refractivity (Wildman–Crippen MR) is 55.5 cm³/mol. The molecular formula is C10H18N2O3. The second-order valence-corrected chi connectivity index (χ2v) is 4.17. The number of amides is 1. The lowest BCUT2D eigenvalue weighted by molar-refractivity contribution is -0.145. The molecule has 1 fully saturated rings. The van der Waals surface area contributed by atoms with Crippen LogP contribution in [0.2, 0.25) is 0 Å². The molecule has 15 heavy (non-hydrogen) atoms. The molecule has 86 valence electrons. The van der Waals surface area contributed by atoms with Crippen LogP contribution in [0.3, 0.4) is 0 Å². The van der Waals surface area contributed by atoms with Crippen LogP contribution in [-0.2, 0) is 9.59 Å². The summed E-state index contributed by atoms with van der Waals surface area (Å²) >= 11 is 0. The predicted octanol–water partition coefficient (Wildman–Crippen LogP) is -0.129.